The van der Waals surface area contributed by atoms with Crippen LogP contribution in [-0.4, -0.2) is 121 Å². The van der Waals surface area contributed by atoms with Gasteiger partial charge >= 0.3 is 7.12 Å². The van der Waals surface area contributed by atoms with Gasteiger partial charge in [0.15, 0.2) is 22.9 Å². The maximum absolute atomic E-state index is 13.0. The molecule has 0 bridgehead atoms. The molecule has 20 nitrogen and oxygen atoms in total. The number of morpholine rings is 2. The van der Waals surface area contributed by atoms with Gasteiger partial charge in [-0.05, 0) is 129 Å². The molecule has 22 heteroatoms. The molecule has 9 heterocycles. The SMILES string of the molecule is Cc1ccc(NC(=O)c2ccnc(C(C)(C)C#N)c2)cc1-c1cn2ccnc2c(N2CCOCC2)n1.Cc1ccc(NC(=O)c2ccnc(C(C)(C)C#N)c2)cc1B1OC(C)(C)C(C)(C)O1.Clc1cn2ccnc2c(N2CCOCC2)n1. The normalized spacial score (nSPS) is 15.8. The molecule has 2 aromatic carbocycles. The first-order chi connectivity index (χ1) is 39.1. The average molecular weight is 1130 g/mol. The lowest BCUT2D eigenvalue weighted by atomic mass is 9.76. The number of benzene rings is 2. The number of ether oxygens (including phenoxy) is 2. The fraction of sp³-hybridized carbons (Fsp3) is 0.367. The van der Waals surface area contributed by atoms with E-state index in [1.54, 1.807) is 82.9 Å². The van der Waals surface area contributed by atoms with E-state index in [9.17, 15) is 20.1 Å². The number of halogens is 1. The zero-order valence-corrected chi connectivity index (χ0v) is 48.6. The van der Waals surface area contributed by atoms with Crippen LogP contribution in [0.25, 0.3) is 22.6 Å². The Bertz CT molecular complexity index is 3730. The Labute approximate surface area is 482 Å². The fourth-order valence-electron chi connectivity index (χ4n) is 9.17. The molecule has 3 fully saturated rings. The maximum atomic E-state index is 13.0. The Kier molecular flexibility index (Phi) is 17.1. The number of aromatic nitrogens is 8. The molecule has 0 atom stereocenters. The highest BCUT2D eigenvalue weighted by atomic mass is 35.5. The van der Waals surface area contributed by atoms with E-state index in [1.165, 1.54) is 0 Å². The van der Waals surface area contributed by atoms with Crippen molar-refractivity contribution in [2.45, 2.75) is 91.3 Å². The maximum Gasteiger partial charge on any atom is 0.495 e. The molecule has 3 saturated heterocycles. The van der Waals surface area contributed by atoms with Crippen molar-refractivity contribution < 1.29 is 28.4 Å². The van der Waals surface area contributed by atoms with E-state index in [0.29, 0.717) is 52.3 Å². The van der Waals surface area contributed by atoms with E-state index >= 15 is 0 Å². The number of carbonyl (C=O) groups is 2. The second-order valence-corrected chi connectivity index (χ2v) is 22.7. The van der Waals surface area contributed by atoms with Gasteiger partial charge in [-0.25, -0.2) is 19.9 Å². The van der Waals surface area contributed by atoms with Gasteiger partial charge in [-0.1, -0.05) is 29.3 Å². The summed E-state index contributed by atoms with van der Waals surface area (Å²) in [6.45, 7) is 25.1. The minimum atomic E-state index is -0.789. The summed E-state index contributed by atoms with van der Waals surface area (Å²) < 4.78 is 27.0. The number of amides is 2. The van der Waals surface area contributed by atoms with Gasteiger partial charge in [-0.3, -0.25) is 19.6 Å². The van der Waals surface area contributed by atoms with Gasteiger partial charge in [0.25, 0.3) is 11.8 Å². The summed E-state index contributed by atoms with van der Waals surface area (Å²) in [5.74, 6) is 1.12. The number of imidazole rings is 2. The molecule has 0 spiro atoms. The summed E-state index contributed by atoms with van der Waals surface area (Å²) in [5.41, 5.74) is 7.14. The van der Waals surface area contributed by atoms with Crippen molar-refractivity contribution in [3.8, 4) is 23.4 Å². The van der Waals surface area contributed by atoms with Gasteiger partial charge < -0.3 is 48.0 Å². The molecule has 82 heavy (non-hydrogen) atoms. The zero-order valence-electron chi connectivity index (χ0n) is 47.8. The number of anilines is 4. The van der Waals surface area contributed by atoms with Gasteiger partial charge in [0.05, 0.1) is 77.7 Å². The molecule has 2 amide bonds. The van der Waals surface area contributed by atoms with Crippen LogP contribution in [-0.2, 0) is 29.6 Å². The van der Waals surface area contributed by atoms with Crippen LogP contribution >= 0.6 is 11.6 Å². The highest BCUT2D eigenvalue weighted by Crippen LogP contribution is 2.37. The second kappa shape index (κ2) is 24.0. The Morgan fingerprint density at radius 1 is 0.622 bits per heavy atom. The Balaban J connectivity index is 0.000000158. The first kappa shape index (κ1) is 58.4. The second-order valence-electron chi connectivity index (χ2n) is 22.3. The quantitative estimate of drug-likeness (QED) is 0.122. The summed E-state index contributed by atoms with van der Waals surface area (Å²) in [5, 5.41) is 25.1. The van der Waals surface area contributed by atoms with E-state index in [4.69, 9.17) is 35.4 Å². The molecule has 0 radical (unpaired) electrons. The van der Waals surface area contributed by atoms with Crippen molar-refractivity contribution in [1.82, 2.24) is 38.7 Å². The van der Waals surface area contributed by atoms with E-state index in [-0.39, 0.29) is 11.8 Å². The molecule has 0 saturated carbocycles. The van der Waals surface area contributed by atoms with Crippen molar-refractivity contribution in [2.75, 3.05) is 73.0 Å². The van der Waals surface area contributed by atoms with Crippen LogP contribution in [0.1, 0.15) is 98.6 Å². The number of nitriles is 2. The molecule has 422 valence electrons. The number of rotatable bonds is 10. The summed E-state index contributed by atoms with van der Waals surface area (Å²) in [6, 6.07) is 22.5. The van der Waals surface area contributed by atoms with Crippen LogP contribution in [0.4, 0.5) is 23.0 Å². The van der Waals surface area contributed by atoms with E-state index in [2.05, 4.69) is 57.5 Å². The van der Waals surface area contributed by atoms with Crippen LogP contribution < -0.4 is 25.9 Å². The number of aryl methyl sites for hydroxylation is 2. The van der Waals surface area contributed by atoms with Gasteiger partial charge in [-0.15, -0.1) is 0 Å². The molecule has 0 aliphatic carbocycles. The summed E-state index contributed by atoms with van der Waals surface area (Å²) >= 11 is 5.98. The number of nitrogens with zero attached hydrogens (tertiary/aromatic N) is 12. The highest BCUT2D eigenvalue weighted by molar-refractivity contribution is 6.62. The summed E-state index contributed by atoms with van der Waals surface area (Å²) in [7, 11) is -0.504. The van der Waals surface area contributed by atoms with Crippen molar-refractivity contribution in [2.24, 2.45) is 0 Å². The lowest BCUT2D eigenvalue weighted by molar-refractivity contribution is 0.00578. The zero-order chi connectivity index (χ0) is 58.6. The minimum absolute atomic E-state index is 0.267. The van der Waals surface area contributed by atoms with Crippen molar-refractivity contribution in [3.63, 3.8) is 0 Å². The topological polar surface area (TPSA) is 235 Å². The van der Waals surface area contributed by atoms with Crippen LogP contribution in [0.5, 0.6) is 0 Å². The summed E-state index contributed by atoms with van der Waals surface area (Å²) in [4.78, 5) is 56.9. The average Bonchev–Trinajstić information content (AvgIpc) is 4.03. The van der Waals surface area contributed by atoms with Crippen LogP contribution in [0, 0.1) is 36.5 Å². The fourth-order valence-corrected chi connectivity index (χ4v) is 9.36. The number of hydrogen-bond acceptors (Lipinski definition) is 16. The van der Waals surface area contributed by atoms with Crippen molar-refractivity contribution in [3.05, 3.63) is 149 Å². The van der Waals surface area contributed by atoms with Crippen molar-refractivity contribution in [1.29, 1.82) is 10.5 Å². The third-order valence-corrected chi connectivity index (χ3v) is 15.2. The number of nitrogens with one attached hydrogen (secondary N) is 2. The molecular formula is C60H66BClN14O6. The Morgan fingerprint density at radius 2 is 1.09 bits per heavy atom. The number of pyridine rings is 2. The largest absolute Gasteiger partial charge is 0.495 e. The smallest absolute Gasteiger partial charge is 0.399 e. The van der Waals surface area contributed by atoms with E-state index in [1.807, 2.05) is 105 Å². The molecular weight excluding hydrogens is 1060 g/mol. The number of hydrogen-bond donors (Lipinski definition) is 2. The van der Waals surface area contributed by atoms with Gasteiger partial charge in [0.2, 0.25) is 0 Å². The first-order valence-corrected chi connectivity index (χ1v) is 27.4. The van der Waals surface area contributed by atoms with Crippen LogP contribution in [0.15, 0.2) is 110 Å². The monoisotopic (exact) mass is 1120 g/mol. The predicted molar refractivity (Wildman–Crippen MR) is 316 cm³/mol. The third kappa shape index (κ3) is 12.9. The number of fused-ring (bicyclic) bond motifs is 2. The van der Waals surface area contributed by atoms with Crippen LogP contribution in [0.2, 0.25) is 5.15 Å². The molecule has 3 aliphatic heterocycles. The predicted octanol–water partition coefficient (Wildman–Crippen LogP) is 8.95. The minimum Gasteiger partial charge on any atom is -0.399 e. The molecule has 6 aromatic heterocycles. The van der Waals surface area contributed by atoms with E-state index < -0.39 is 29.2 Å². The van der Waals surface area contributed by atoms with Crippen molar-refractivity contribution >= 4 is 70.3 Å². The Morgan fingerprint density at radius 3 is 1.59 bits per heavy atom. The molecule has 2 N–H and O–H groups in total. The lowest BCUT2D eigenvalue weighted by Crippen LogP contribution is -2.41. The van der Waals surface area contributed by atoms with E-state index in [0.717, 1.165) is 90.2 Å². The van der Waals surface area contributed by atoms with Crippen LogP contribution in [0.3, 0.4) is 0 Å². The standard InChI is InChI=1S/C27H27N7O2.C23H28BN3O3.C10H11ClN4O/c1-18-4-5-20(31-26(35)19-6-7-29-23(14-19)27(2,3)17-28)15-21(18)22-16-34-9-8-30-24(34)25(32-22)33-10-12-36-13-11-33;1-15-8-9-17(13-18(15)24-29-22(4,5)23(6,7)30-24)27-20(28)16-10-11-26-19(12-16)21(2,3)14-25;11-8-7-15-2-1-12-9(15)10(13-8)14-3-5-16-6-4-14/h4-9,14-16H,10-13H2,1-3H3,(H,31,35);8-13H,1-7H3,(H,27,28);1-2,7H,3-6H2. The lowest BCUT2D eigenvalue weighted by Gasteiger charge is -2.32. The molecule has 3 aliphatic rings. The van der Waals surface area contributed by atoms with Gasteiger partial charge in [0.1, 0.15) is 5.15 Å². The summed E-state index contributed by atoms with van der Waals surface area (Å²) in [6.07, 6.45) is 14.1. The first-order valence-electron chi connectivity index (χ1n) is 27.0. The van der Waals surface area contributed by atoms with Gasteiger partial charge in [0, 0.05) is 104 Å². The number of carbonyl (C=O) groups excluding carboxylic acids is 2. The molecule has 8 aromatic rings. The van der Waals surface area contributed by atoms with Gasteiger partial charge in [-0.2, -0.15) is 10.5 Å². The third-order valence-electron chi connectivity index (χ3n) is 15.0. The highest BCUT2D eigenvalue weighted by Gasteiger charge is 2.52. The molecule has 0 unspecified atom stereocenters. The molecule has 11 rings (SSSR count). The Hall–Kier alpha value is -8.31.